The summed E-state index contributed by atoms with van der Waals surface area (Å²) in [5.41, 5.74) is 0.160. The highest BCUT2D eigenvalue weighted by atomic mass is 19.1. The summed E-state index contributed by atoms with van der Waals surface area (Å²) in [7, 11) is 1.45. The van der Waals surface area contributed by atoms with E-state index in [-0.39, 0.29) is 16.9 Å². The topological polar surface area (TPSA) is 78.9 Å². The number of amides is 1. The third kappa shape index (κ3) is 3.08. The monoisotopic (exact) mass is 336 g/mol. The van der Waals surface area contributed by atoms with Gasteiger partial charge in [0.2, 0.25) is 0 Å². The molecule has 2 heterocycles. The summed E-state index contributed by atoms with van der Waals surface area (Å²) >= 11 is 0. The predicted octanol–water partition coefficient (Wildman–Crippen LogP) is 1.50. The quantitative estimate of drug-likeness (QED) is 0.875. The fourth-order valence-corrected chi connectivity index (χ4v) is 3.67. The normalized spacial score (nSPS) is 22.6. The Morgan fingerprint density at radius 3 is 2.67 bits per heavy atom. The van der Waals surface area contributed by atoms with Crippen molar-refractivity contribution in [3.63, 3.8) is 0 Å². The number of ether oxygens (including phenoxy) is 1. The minimum Gasteiger partial charge on any atom is -0.496 e. The smallest absolute Gasteiger partial charge is 0.320 e. The van der Waals surface area contributed by atoms with Crippen molar-refractivity contribution >= 4 is 11.9 Å². The van der Waals surface area contributed by atoms with Gasteiger partial charge in [-0.3, -0.25) is 9.59 Å². The predicted molar refractivity (Wildman–Crippen MR) is 84.6 cm³/mol. The number of benzene rings is 1. The summed E-state index contributed by atoms with van der Waals surface area (Å²) in [6.45, 7) is 1.73. The lowest BCUT2D eigenvalue weighted by molar-refractivity contribution is -0.139. The molecule has 0 bridgehead atoms. The van der Waals surface area contributed by atoms with E-state index in [0.717, 1.165) is 12.8 Å². The van der Waals surface area contributed by atoms with Crippen LogP contribution in [0.25, 0.3) is 0 Å². The number of carboxylic acid groups (broad SMARTS) is 1. The number of methoxy groups -OCH3 is 1. The van der Waals surface area contributed by atoms with Gasteiger partial charge in [-0.05, 0) is 42.9 Å². The van der Waals surface area contributed by atoms with Gasteiger partial charge >= 0.3 is 5.97 Å². The molecule has 2 N–H and O–H groups in total. The van der Waals surface area contributed by atoms with Gasteiger partial charge in [-0.25, -0.2) is 4.39 Å². The highest BCUT2D eigenvalue weighted by molar-refractivity contribution is 5.97. The van der Waals surface area contributed by atoms with Crippen molar-refractivity contribution in [2.24, 2.45) is 5.41 Å². The highest BCUT2D eigenvalue weighted by Crippen LogP contribution is 2.39. The first-order valence-electron chi connectivity index (χ1n) is 8.03. The zero-order valence-corrected chi connectivity index (χ0v) is 13.5. The molecule has 2 fully saturated rings. The molecule has 1 amide bonds. The molecule has 24 heavy (non-hydrogen) atoms. The Labute approximate surface area is 139 Å². The Hall–Kier alpha value is -2.15. The van der Waals surface area contributed by atoms with E-state index in [1.807, 2.05) is 0 Å². The van der Waals surface area contributed by atoms with Crippen LogP contribution in [0.1, 0.15) is 29.6 Å². The molecule has 1 spiro atoms. The molecule has 1 aromatic rings. The van der Waals surface area contributed by atoms with Crippen LogP contribution in [0.4, 0.5) is 4.39 Å². The molecule has 1 atom stereocenters. The molecule has 3 rings (SSSR count). The van der Waals surface area contributed by atoms with Crippen LogP contribution in [0.5, 0.6) is 5.75 Å². The van der Waals surface area contributed by atoms with E-state index in [2.05, 4.69) is 5.32 Å². The average Bonchev–Trinajstić information content (AvgIpc) is 2.99. The number of rotatable bonds is 3. The van der Waals surface area contributed by atoms with Crippen molar-refractivity contribution in [3.05, 3.63) is 29.6 Å². The molecule has 2 aliphatic rings. The number of carbonyl (C=O) groups excluding carboxylic acids is 1. The van der Waals surface area contributed by atoms with Crippen molar-refractivity contribution < 1.29 is 23.8 Å². The summed E-state index contributed by atoms with van der Waals surface area (Å²) in [6.07, 6.45) is 2.08. The maximum atomic E-state index is 13.5. The van der Waals surface area contributed by atoms with Gasteiger partial charge in [0.15, 0.2) is 0 Å². The van der Waals surface area contributed by atoms with Crippen molar-refractivity contribution in [2.45, 2.75) is 25.3 Å². The second kappa shape index (κ2) is 6.39. The largest absolute Gasteiger partial charge is 0.496 e. The van der Waals surface area contributed by atoms with Gasteiger partial charge in [-0.2, -0.15) is 0 Å². The number of piperidine rings is 1. The highest BCUT2D eigenvalue weighted by Gasteiger charge is 2.44. The molecule has 6 nitrogen and oxygen atoms in total. The van der Waals surface area contributed by atoms with Crippen LogP contribution in [-0.4, -0.2) is 54.7 Å². The van der Waals surface area contributed by atoms with Gasteiger partial charge in [-0.15, -0.1) is 0 Å². The van der Waals surface area contributed by atoms with Gasteiger partial charge in [0, 0.05) is 19.6 Å². The Bertz CT molecular complexity index is 656. The number of aliphatic carboxylic acids is 1. The average molecular weight is 336 g/mol. The van der Waals surface area contributed by atoms with Crippen LogP contribution in [0.2, 0.25) is 0 Å². The van der Waals surface area contributed by atoms with E-state index in [9.17, 15) is 14.0 Å². The lowest BCUT2D eigenvalue weighted by Crippen LogP contribution is -2.44. The molecular weight excluding hydrogens is 315 g/mol. The first kappa shape index (κ1) is 16.7. The Balaban J connectivity index is 1.68. The van der Waals surface area contributed by atoms with E-state index in [4.69, 9.17) is 9.84 Å². The molecule has 2 aliphatic heterocycles. The van der Waals surface area contributed by atoms with E-state index < -0.39 is 17.8 Å². The maximum Gasteiger partial charge on any atom is 0.320 e. The summed E-state index contributed by atoms with van der Waals surface area (Å²) in [5, 5.41) is 12.2. The number of carboxylic acids is 1. The van der Waals surface area contributed by atoms with Crippen LogP contribution in [0.3, 0.4) is 0 Å². The molecule has 0 saturated carbocycles. The van der Waals surface area contributed by atoms with Gasteiger partial charge in [0.1, 0.15) is 17.6 Å². The van der Waals surface area contributed by atoms with Crippen LogP contribution < -0.4 is 10.1 Å². The van der Waals surface area contributed by atoms with Gasteiger partial charge in [0.25, 0.3) is 5.91 Å². The van der Waals surface area contributed by atoms with Crippen LogP contribution in [0, 0.1) is 11.2 Å². The molecule has 7 heteroatoms. The Morgan fingerprint density at radius 1 is 1.38 bits per heavy atom. The summed E-state index contributed by atoms with van der Waals surface area (Å²) in [4.78, 5) is 25.5. The van der Waals surface area contributed by atoms with Crippen molar-refractivity contribution in [1.82, 2.24) is 10.2 Å². The number of likely N-dealkylation sites (tertiary alicyclic amines) is 1. The standard InChI is InChI=1S/C17H21FN2O4/c1-24-14-3-2-11(18)8-12(14)15(21)20-6-4-17(5-7-20)9-13(16(22)23)19-10-17/h2-3,8,13,19H,4-7,9-10H2,1H3,(H,22,23)/t13-/m0/s1. The number of nitrogens with one attached hydrogen (secondary N) is 1. The van der Waals surface area contributed by atoms with E-state index in [0.29, 0.717) is 31.8 Å². The fraction of sp³-hybridized carbons (Fsp3) is 0.529. The first-order valence-corrected chi connectivity index (χ1v) is 8.03. The molecular formula is C17H21FN2O4. The third-order valence-electron chi connectivity index (χ3n) is 5.16. The summed E-state index contributed by atoms with van der Waals surface area (Å²) in [6, 6.07) is 3.41. The van der Waals surface area contributed by atoms with Crippen LogP contribution in [0.15, 0.2) is 18.2 Å². The van der Waals surface area contributed by atoms with Gasteiger partial charge in [0.05, 0.1) is 12.7 Å². The number of hydrogen-bond acceptors (Lipinski definition) is 4. The molecule has 0 aromatic heterocycles. The van der Waals surface area contributed by atoms with Gasteiger partial charge in [-0.1, -0.05) is 0 Å². The summed E-state index contributed by atoms with van der Waals surface area (Å²) < 4.78 is 18.6. The second-order valence-corrected chi connectivity index (χ2v) is 6.61. The lowest BCUT2D eigenvalue weighted by atomic mass is 9.76. The minimum atomic E-state index is -0.824. The number of nitrogens with zero attached hydrogens (tertiary/aromatic N) is 1. The second-order valence-electron chi connectivity index (χ2n) is 6.61. The number of halogens is 1. The zero-order valence-electron chi connectivity index (χ0n) is 13.5. The molecule has 1 aromatic carbocycles. The third-order valence-corrected chi connectivity index (χ3v) is 5.16. The minimum absolute atomic E-state index is 0.0636. The van der Waals surface area contributed by atoms with Crippen molar-refractivity contribution in [3.8, 4) is 5.75 Å². The summed E-state index contributed by atoms with van der Waals surface area (Å²) in [5.74, 6) is -1.19. The molecule has 0 aliphatic carbocycles. The number of hydrogen-bond donors (Lipinski definition) is 2. The molecule has 130 valence electrons. The van der Waals surface area contributed by atoms with Crippen molar-refractivity contribution in [2.75, 3.05) is 26.7 Å². The Kier molecular flexibility index (Phi) is 4.45. The lowest BCUT2D eigenvalue weighted by Gasteiger charge is -2.39. The fourth-order valence-electron chi connectivity index (χ4n) is 3.67. The van der Waals surface area contributed by atoms with Crippen LogP contribution >= 0.6 is 0 Å². The molecule has 0 radical (unpaired) electrons. The van der Waals surface area contributed by atoms with E-state index in [1.54, 1.807) is 4.90 Å². The Morgan fingerprint density at radius 2 is 2.08 bits per heavy atom. The SMILES string of the molecule is COc1ccc(F)cc1C(=O)N1CCC2(CC1)CN[C@H](C(=O)O)C2. The van der Waals surface area contributed by atoms with Gasteiger partial charge < -0.3 is 20.1 Å². The van der Waals surface area contributed by atoms with Crippen LogP contribution in [-0.2, 0) is 4.79 Å². The zero-order chi connectivity index (χ0) is 17.3. The number of carbonyl (C=O) groups is 2. The molecule has 2 saturated heterocycles. The first-order chi connectivity index (χ1) is 11.4. The van der Waals surface area contributed by atoms with E-state index >= 15 is 0 Å². The maximum absolute atomic E-state index is 13.5. The molecule has 0 unspecified atom stereocenters. The van der Waals surface area contributed by atoms with Crippen molar-refractivity contribution in [1.29, 1.82) is 0 Å². The van der Waals surface area contributed by atoms with E-state index in [1.165, 1.54) is 25.3 Å².